The number of nitrogen functional groups attached to an aromatic ring is 1. The van der Waals surface area contributed by atoms with Gasteiger partial charge >= 0.3 is 0 Å². The lowest BCUT2D eigenvalue weighted by atomic mass is 10.0. The quantitative estimate of drug-likeness (QED) is 0.784. The van der Waals surface area contributed by atoms with Crippen molar-refractivity contribution in [3.8, 4) is 10.6 Å². The third-order valence-corrected chi connectivity index (χ3v) is 4.73. The lowest BCUT2D eigenvalue weighted by molar-refractivity contribution is 0.616. The SMILES string of the molecule is Nc1ccccc1-c1nc2c(s1)CCCCCC2. The van der Waals surface area contributed by atoms with Crippen molar-refractivity contribution in [2.24, 2.45) is 0 Å². The van der Waals surface area contributed by atoms with Gasteiger partial charge in [-0.25, -0.2) is 4.98 Å². The molecule has 0 amide bonds. The summed E-state index contributed by atoms with van der Waals surface area (Å²) < 4.78 is 0. The van der Waals surface area contributed by atoms with Crippen LogP contribution in [0.3, 0.4) is 0 Å². The molecule has 0 aliphatic heterocycles. The highest BCUT2D eigenvalue weighted by atomic mass is 32.1. The van der Waals surface area contributed by atoms with Crippen molar-refractivity contribution in [1.29, 1.82) is 0 Å². The maximum Gasteiger partial charge on any atom is 0.125 e. The average Bonchev–Trinajstić information content (AvgIpc) is 2.72. The van der Waals surface area contributed by atoms with Crippen molar-refractivity contribution >= 4 is 17.0 Å². The zero-order chi connectivity index (χ0) is 12.4. The molecule has 1 aromatic heterocycles. The standard InChI is InChI=1S/C15H18N2S/c16-12-8-6-5-7-11(12)15-17-13-9-3-1-2-4-10-14(13)18-15/h5-8H,1-4,9-10,16H2. The molecule has 3 heteroatoms. The average molecular weight is 258 g/mol. The number of aryl methyl sites for hydroxylation is 2. The molecular weight excluding hydrogens is 240 g/mol. The molecule has 0 saturated heterocycles. The highest BCUT2D eigenvalue weighted by Gasteiger charge is 2.15. The van der Waals surface area contributed by atoms with Gasteiger partial charge in [-0.2, -0.15) is 0 Å². The first-order chi connectivity index (χ1) is 8.84. The van der Waals surface area contributed by atoms with Gasteiger partial charge in [0, 0.05) is 16.1 Å². The van der Waals surface area contributed by atoms with Gasteiger partial charge in [0.2, 0.25) is 0 Å². The lowest BCUT2D eigenvalue weighted by Crippen LogP contribution is -1.96. The Morgan fingerprint density at radius 1 is 1.00 bits per heavy atom. The van der Waals surface area contributed by atoms with E-state index in [0.29, 0.717) is 0 Å². The van der Waals surface area contributed by atoms with Crippen molar-refractivity contribution in [2.45, 2.75) is 38.5 Å². The summed E-state index contributed by atoms with van der Waals surface area (Å²) in [4.78, 5) is 6.30. The van der Waals surface area contributed by atoms with Crippen LogP contribution in [0, 0.1) is 0 Å². The zero-order valence-electron chi connectivity index (χ0n) is 10.5. The van der Waals surface area contributed by atoms with E-state index >= 15 is 0 Å². The lowest BCUT2D eigenvalue weighted by Gasteiger charge is -2.06. The van der Waals surface area contributed by atoms with E-state index in [4.69, 9.17) is 10.7 Å². The molecule has 94 valence electrons. The molecule has 18 heavy (non-hydrogen) atoms. The van der Waals surface area contributed by atoms with E-state index in [1.165, 1.54) is 42.7 Å². The number of nitrogens with zero attached hydrogens (tertiary/aromatic N) is 1. The molecule has 0 radical (unpaired) electrons. The first-order valence-electron chi connectivity index (χ1n) is 6.68. The second kappa shape index (κ2) is 5.11. The summed E-state index contributed by atoms with van der Waals surface area (Å²) in [5.74, 6) is 0. The van der Waals surface area contributed by atoms with Crippen LogP contribution in [0.5, 0.6) is 0 Å². The Labute approximate surface area is 112 Å². The molecule has 0 atom stereocenters. The van der Waals surface area contributed by atoms with Crippen molar-refractivity contribution in [3.63, 3.8) is 0 Å². The predicted molar refractivity (Wildman–Crippen MR) is 77.8 cm³/mol. The molecule has 2 nitrogen and oxygen atoms in total. The van der Waals surface area contributed by atoms with E-state index in [2.05, 4.69) is 6.07 Å². The summed E-state index contributed by atoms with van der Waals surface area (Å²) in [6.07, 6.45) is 7.62. The van der Waals surface area contributed by atoms with Crippen molar-refractivity contribution in [2.75, 3.05) is 5.73 Å². The van der Waals surface area contributed by atoms with Gasteiger partial charge in [0.05, 0.1) is 5.69 Å². The number of hydrogen-bond acceptors (Lipinski definition) is 3. The summed E-state index contributed by atoms with van der Waals surface area (Å²) in [5, 5.41) is 1.10. The monoisotopic (exact) mass is 258 g/mol. The number of hydrogen-bond donors (Lipinski definition) is 1. The first-order valence-corrected chi connectivity index (χ1v) is 7.50. The van der Waals surface area contributed by atoms with Crippen LogP contribution in [0.15, 0.2) is 24.3 Å². The normalized spacial score (nSPS) is 15.8. The van der Waals surface area contributed by atoms with Crippen molar-refractivity contribution < 1.29 is 0 Å². The van der Waals surface area contributed by atoms with E-state index in [0.717, 1.165) is 22.7 Å². The summed E-state index contributed by atoms with van der Waals surface area (Å²) in [6.45, 7) is 0. The molecule has 0 saturated carbocycles. The molecule has 1 heterocycles. The van der Waals surface area contributed by atoms with Gasteiger partial charge in [0.1, 0.15) is 5.01 Å². The molecule has 3 rings (SSSR count). The molecule has 0 bridgehead atoms. The van der Waals surface area contributed by atoms with Crippen LogP contribution in [-0.4, -0.2) is 4.98 Å². The largest absolute Gasteiger partial charge is 0.398 e. The van der Waals surface area contributed by atoms with Crippen LogP contribution >= 0.6 is 11.3 Å². The fourth-order valence-electron chi connectivity index (χ4n) is 2.51. The number of anilines is 1. The molecule has 1 aliphatic carbocycles. The Hall–Kier alpha value is -1.35. The van der Waals surface area contributed by atoms with Crippen LogP contribution < -0.4 is 5.73 Å². The molecule has 1 aromatic carbocycles. The number of para-hydroxylation sites is 1. The number of nitrogens with two attached hydrogens (primary N) is 1. The zero-order valence-corrected chi connectivity index (χ0v) is 11.3. The van der Waals surface area contributed by atoms with Crippen LogP contribution in [-0.2, 0) is 12.8 Å². The van der Waals surface area contributed by atoms with Gasteiger partial charge in [-0.1, -0.05) is 25.0 Å². The number of benzene rings is 1. The topological polar surface area (TPSA) is 38.9 Å². The summed E-state index contributed by atoms with van der Waals surface area (Å²) in [7, 11) is 0. The molecule has 0 fully saturated rings. The summed E-state index contributed by atoms with van der Waals surface area (Å²) >= 11 is 1.83. The Morgan fingerprint density at radius 3 is 2.61 bits per heavy atom. The van der Waals surface area contributed by atoms with E-state index in [1.54, 1.807) is 0 Å². The van der Waals surface area contributed by atoms with Crippen molar-refractivity contribution in [3.05, 3.63) is 34.8 Å². The van der Waals surface area contributed by atoms with Crippen LogP contribution in [0.25, 0.3) is 10.6 Å². The minimum atomic E-state index is 0.833. The van der Waals surface area contributed by atoms with E-state index in [1.807, 2.05) is 29.5 Å². The summed E-state index contributed by atoms with van der Waals surface area (Å²) in [5.41, 5.74) is 9.28. The van der Waals surface area contributed by atoms with E-state index < -0.39 is 0 Å². The Morgan fingerprint density at radius 2 is 1.78 bits per heavy atom. The van der Waals surface area contributed by atoms with Gasteiger partial charge < -0.3 is 5.73 Å². The summed E-state index contributed by atoms with van der Waals surface area (Å²) in [6, 6.07) is 8.03. The Kier molecular flexibility index (Phi) is 3.33. The van der Waals surface area contributed by atoms with Crippen LogP contribution in [0.2, 0.25) is 0 Å². The van der Waals surface area contributed by atoms with Gasteiger partial charge in [-0.05, 0) is 37.8 Å². The van der Waals surface area contributed by atoms with Crippen molar-refractivity contribution in [1.82, 2.24) is 4.98 Å². The maximum absolute atomic E-state index is 6.04. The molecule has 2 N–H and O–H groups in total. The van der Waals surface area contributed by atoms with Crippen LogP contribution in [0.4, 0.5) is 5.69 Å². The third-order valence-electron chi connectivity index (χ3n) is 3.54. The molecular formula is C15H18N2S. The first kappa shape index (κ1) is 11.7. The van der Waals surface area contributed by atoms with Crippen LogP contribution in [0.1, 0.15) is 36.3 Å². The number of rotatable bonds is 1. The fourth-order valence-corrected chi connectivity index (χ4v) is 3.71. The van der Waals surface area contributed by atoms with Gasteiger partial charge in [-0.3, -0.25) is 0 Å². The maximum atomic E-state index is 6.04. The second-order valence-electron chi connectivity index (χ2n) is 4.89. The van der Waals surface area contributed by atoms with E-state index in [-0.39, 0.29) is 0 Å². The highest BCUT2D eigenvalue weighted by molar-refractivity contribution is 7.15. The number of fused-ring (bicyclic) bond motifs is 1. The Bertz CT molecular complexity index is 520. The number of thiazole rings is 1. The molecule has 2 aromatic rings. The van der Waals surface area contributed by atoms with Gasteiger partial charge in [0.15, 0.2) is 0 Å². The number of aromatic nitrogens is 1. The van der Waals surface area contributed by atoms with Gasteiger partial charge in [0.25, 0.3) is 0 Å². The second-order valence-corrected chi connectivity index (χ2v) is 5.97. The smallest absolute Gasteiger partial charge is 0.125 e. The Balaban J connectivity index is 1.99. The highest BCUT2D eigenvalue weighted by Crippen LogP contribution is 2.34. The molecule has 0 unspecified atom stereocenters. The fraction of sp³-hybridized carbons (Fsp3) is 0.400. The predicted octanol–water partition coefficient (Wildman–Crippen LogP) is 4.05. The third kappa shape index (κ3) is 2.27. The van der Waals surface area contributed by atoms with Gasteiger partial charge in [-0.15, -0.1) is 11.3 Å². The minimum Gasteiger partial charge on any atom is -0.398 e. The van der Waals surface area contributed by atoms with E-state index in [9.17, 15) is 0 Å². The molecule has 1 aliphatic rings. The minimum absolute atomic E-state index is 0.833. The molecule has 0 spiro atoms.